The van der Waals surface area contributed by atoms with Crippen molar-refractivity contribution < 1.29 is 28.2 Å². The van der Waals surface area contributed by atoms with Gasteiger partial charge in [-0.25, -0.2) is 9.18 Å². The standard InChI is InChI=1S/C38H40ClFN4O5.ClH/c1-2-33(42-23-28-12-6-7-14-32(28)40)37(46)43-36(45)27-17-18-44(38(47)48-24-25-9-4-3-5-10-25)34(20-27)31-16-15-29(39)21-35(31)49-30-13-8-11-26(19-30)22-41;/h3-16,19,21,27,33-34,42H,2,17-18,20,22-24,41H2,1H3,(H,43,45,46);1H. The van der Waals surface area contributed by atoms with E-state index in [0.717, 1.165) is 11.1 Å². The molecule has 4 aromatic carbocycles. The number of nitrogens with two attached hydrogens (primary N) is 1. The molecular formula is C38H41Cl2FN4O5. The summed E-state index contributed by atoms with van der Waals surface area (Å²) >= 11 is 6.42. The Bertz CT molecular complexity index is 1760. The minimum absolute atomic E-state index is 0. The van der Waals surface area contributed by atoms with Crippen molar-refractivity contribution in [1.82, 2.24) is 15.5 Å². The highest BCUT2D eigenvalue weighted by Crippen LogP contribution is 2.41. The lowest BCUT2D eigenvalue weighted by molar-refractivity contribution is -0.135. The third kappa shape index (κ3) is 10.0. The van der Waals surface area contributed by atoms with E-state index in [2.05, 4.69) is 10.6 Å². The maximum Gasteiger partial charge on any atom is 0.410 e. The summed E-state index contributed by atoms with van der Waals surface area (Å²) in [5, 5.41) is 6.04. The van der Waals surface area contributed by atoms with Gasteiger partial charge in [-0.3, -0.25) is 14.9 Å². The maximum absolute atomic E-state index is 14.2. The van der Waals surface area contributed by atoms with Crippen molar-refractivity contribution in [2.24, 2.45) is 11.7 Å². The van der Waals surface area contributed by atoms with Crippen LogP contribution in [0.2, 0.25) is 5.02 Å². The lowest BCUT2D eigenvalue weighted by Gasteiger charge is -2.39. The highest BCUT2D eigenvalue weighted by molar-refractivity contribution is 6.30. The number of amides is 3. The molecule has 9 nitrogen and oxygen atoms in total. The van der Waals surface area contributed by atoms with Gasteiger partial charge in [-0.1, -0.05) is 85.3 Å². The fourth-order valence-electron chi connectivity index (χ4n) is 5.86. The highest BCUT2D eigenvalue weighted by Gasteiger charge is 2.38. The van der Waals surface area contributed by atoms with E-state index in [0.29, 0.717) is 47.0 Å². The summed E-state index contributed by atoms with van der Waals surface area (Å²) in [6.45, 7) is 2.54. The molecule has 3 amide bonds. The Morgan fingerprint density at radius 1 is 0.980 bits per heavy atom. The third-order valence-electron chi connectivity index (χ3n) is 8.58. The van der Waals surface area contributed by atoms with Gasteiger partial charge in [0.25, 0.3) is 0 Å². The molecule has 1 heterocycles. The van der Waals surface area contributed by atoms with Gasteiger partial charge in [0.1, 0.15) is 23.9 Å². The molecule has 4 aromatic rings. The van der Waals surface area contributed by atoms with Crippen LogP contribution in [0.25, 0.3) is 0 Å². The highest BCUT2D eigenvalue weighted by atomic mass is 35.5. The molecule has 0 spiro atoms. The number of likely N-dealkylation sites (tertiary alicyclic amines) is 1. The van der Waals surface area contributed by atoms with Crippen LogP contribution in [0.1, 0.15) is 54.5 Å². The predicted molar refractivity (Wildman–Crippen MR) is 192 cm³/mol. The number of piperidine rings is 1. The number of nitrogens with zero attached hydrogens (tertiary/aromatic N) is 1. The number of carbonyl (C=O) groups is 3. The minimum Gasteiger partial charge on any atom is -0.457 e. The number of ether oxygens (including phenoxy) is 2. The number of imide groups is 1. The molecule has 3 atom stereocenters. The van der Waals surface area contributed by atoms with Crippen LogP contribution in [0.15, 0.2) is 97.1 Å². The van der Waals surface area contributed by atoms with Crippen LogP contribution in [0.5, 0.6) is 11.5 Å². The molecule has 5 rings (SSSR count). The first-order chi connectivity index (χ1) is 23.7. The molecule has 50 heavy (non-hydrogen) atoms. The zero-order chi connectivity index (χ0) is 34.8. The molecular weight excluding hydrogens is 682 g/mol. The van der Waals surface area contributed by atoms with Gasteiger partial charge in [0, 0.05) is 41.7 Å². The number of carbonyl (C=O) groups excluding carboxylic acids is 3. The van der Waals surface area contributed by atoms with Crippen LogP contribution in [0.4, 0.5) is 9.18 Å². The second-order valence-corrected chi connectivity index (χ2v) is 12.3. The van der Waals surface area contributed by atoms with Crippen molar-refractivity contribution in [3.63, 3.8) is 0 Å². The molecule has 0 saturated carbocycles. The Kier molecular flexibility index (Phi) is 14.2. The fourth-order valence-corrected chi connectivity index (χ4v) is 6.02. The first kappa shape index (κ1) is 38.3. The second-order valence-electron chi connectivity index (χ2n) is 11.9. The summed E-state index contributed by atoms with van der Waals surface area (Å²) in [7, 11) is 0. The van der Waals surface area contributed by atoms with Crippen molar-refractivity contribution in [2.45, 2.75) is 58.0 Å². The van der Waals surface area contributed by atoms with Crippen LogP contribution in [0.3, 0.4) is 0 Å². The first-order valence-corrected chi connectivity index (χ1v) is 16.7. The average molecular weight is 724 g/mol. The summed E-state index contributed by atoms with van der Waals surface area (Å²) in [6, 6.07) is 26.8. The van der Waals surface area contributed by atoms with E-state index in [4.69, 9.17) is 26.8 Å². The molecule has 12 heteroatoms. The lowest BCUT2D eigenvalue weighted by atomic mass is 9.86. The predicted octanol–water partition coefficient (Wildman–Crippen LogP) is 7.45. The van der Waals surface area contributed by atoms with Crippen molar-refractivity contribution in [3.8, 4) is 11.5 Å². The zero-order valence-electron chi connectivity index (χ0n) is 27.6. The van der Waals surface area contributed by atoms with Crippen molar-refractivity contribution in [2.75, 3.05) is 6.54 Å². The Hall–Kier alpha value is -4.48. The molecule has 1 saturated heterocycles. The SMILES string of the molecule is CCC(NCc1ccccc1F)C(=O)NC(=O)C1CCN(C(=O)OCc2ccccc2)C(c2ccc(Cl)cc2Oc2cccc(CN)c2)C1.Cl. The van der Waals surface area contributed by atoms with Gasteiger partial charge in [-0.15, -0.1) is 12.4 Å². The maximum atomic E-state index is 14.2. The molecule has 0 bridgehead atoms. The van der Waals surface area contributed by atoms with Crippen LogP contribution < -0.4 is 21.1 Å². The van der Waals surface area contributed by atoms with Crippen molar-refractivity contribution >= 4 is 41.9 Å². The average Bonchev–Trinajstić information content (AvgIpc) is 3.12. The molecule has 3 unspecified atom stereocenters. The molecule has 0 aromatic heterocycles. The first-order valence-electron chi connectivity index (χ1n) is 16.3. The van der Waals surface area contributed by atoms with Gasteiger partial charge >= 0.3 is 6.09 Å². The molecule has 1 aliphatic rings. The van der Waals surface area contributed by atoms with Gasteiger partial charge < -0.3 is 25.4 Å². The molecule has 0 radical (unpaired) electrons. The Balaban J connectivity index is 0.00000562. The van der Waals surface area contributed by atoms with Gasteiger partial charge in [0.2, 0.25) is 11.8 Å². The number of benzene rings is 4. The molecule has 4 N–H and O–H groups in total. The van der Waals surface area contributed by atoms with Gasteiger partial charge in [-0.05, 0) is 60.7 Å². The lowest BCUT2D eigenvalue weighted by Crippen LogP contribution is -2.50. The second kappa shape index (κ2) is 18.5. The zero-order valence-corrected chi connectivity index (χ0v) is 29.2. The number of halogens is 3. The summed E-state index contributed by atoms with van der Waals surface area (Å²) in [5.74, 6) is -0.993. The van der Waals surface area contributed by atoms with Gasteiger partial charge in [-0.2, -0.15) is 0 Å². The van der Waals surface area contributed by atoms with E-state index in [1.807, 2.05) is 55.5 Å². The van der Waals surface area contributed by atoms with E-state index in [1.54, 1.807) is 47.4 Å². The van der Waals surface area contributed by atoms with E-state index in [9.17, 15) is 18.8 Å². The van der Waals surface area contributed by atoms with Crippen LogP contribution in [-0.4, -0.2) is 35.4 Å². The molecule has 1 aliphatic heterocycles. The van der Waals surface area contributed by atoms with E-state index in [1.165, 1.54) is 6.07 Å². The monoisotopic (exact) mass is 722 g/mol. The fraction of sp³-hybridized carbons (Fsp3) is 0.289. The van der Waals surface area contributed by atoms with E-state index >= 15 is 0 Å². The van der Waals surface area contributed by atoms with E-state index < -0.39 is 35.9 Å². The van der Waals surface area contributed by atoms with Crippen molar-refractivity contribution in [1.29, 1.82) is 0 Å². The van der Waals surface area contributed by atoms with Crippen LogP contribution in [0, 0.1) is 11.7 Å². The smallest absolute Gasteiger partial charge is 0.410 e. The molecule has 1 fully saturated rings. The minimum atomic E-state index is -0.715. The van der Waals surface area contributed by atoms with E-state index in [-0.39, 0.29) is 44.3 Å². The molecule has 0 aliphatic carbocycles. The van der Waals surface area contributed by atoms with Crippen LogP contribution in [-0.2, 0) is 34.0 Å². The van der Waals surface area contributed by atoms with Crippen molar-refractivity contribution in [3.05, 3.63) is 130 Å². The molecule has 264 valence electrons. The normalized spacial score (nSPS) is 16.1. The quantitative estimate of drug-likeness (QED) is 0.139. The third-order valence-corrected chi connectivity index (χ3v) is 8.81. The Labute approximate surface area is 302 Å². The number of nitrogens with one attached hydrogen (secondary N) is 2. The van der Waals surface area contributed by atoms with Gasteiger partial charge in [0.05, 0.1) is 12.1 Å². The summed E-state index contributed by atoms with van der Waals surface area (Å²) < 4.78 is 26.2. The summed E-state index contributed by atoms with van der Waals surface area (Å²) in [4.78, 5) is 42.0. The number of hydrogen-bond donors (Lipinski definition) is 3. The van der Waals surface area contributed by atoms with Crippen LogP contribution >= 0.6 is 24.0 Å². The van der Waals surface area contributed by atoms with Gasteiger partial charge in [0.15, 0.2) is 0 Å². The Morgan fingerprint density at radius 2 is 1.72 bits per heavy atom. The Morgan fingerprint density at radius 3 is 2.46 bits per heavy atom. The summed E-state index contributed by atoms with van der Waals surface area (Å²) in [5.41, 5.74) is 8.60. The number of hydrogen-bond acceptors (Lipinski definition) is 7. The number of rotatable bonds is 12. The topological polar surface area (TPSA) is 123 Å². The largest absolute Gasteiger partial charge is 0.457 e. The summed E-state index contributed by atoms with van der Waals surface area (Å²) in [6.07, 6.45) is 0.342.